The van der Waals surface area contributed by atoms with Crippen molar-refractivity contribution in [2.45, 2.75) is 64.5 Å². The third kappa shape index (κ3) is 4.95. The van der Waals surface area contributed by atoms with E-state index in [1.54, 1.807) is 24.3 Å². The Morgan fingerprint density at radius 2 is 1.62 bits per heavy atom. The Morgan fingerprint density at radius 3 is 2.22 bits per heavy atom. The summed E-state index contributed by atoms with van der Waals surface area (Å²) in [6.45, 7) is 4.08. The van der Waals surface area contributed by atoms with Crippen LogP contribution in [0.3, 0.4) is 0 Å². The van der Waals surface area contributed by atoms with Gasteiger partial charge in [0, 0.05) is 30.4 Å². The summed E-state index contributed by atoms with van der Waals surface area (Å²) < 4.78 is 5.93. The van der Waals surface area contributed by atoms with Crippen LogP contribution >= 0.6 is 0 Å². The highest BCUT2D eigenvalue weighted by Crippen LogP contribution is 2.24. The molecular weight excluding hydrogens is 408 g/mol. The summed E-state index contributed by atoms with van der Waals surface area (Å²) in [6, 6.07) is 9.26. The van der Waals surface area contributed by atoms with E-state index in [0.29, 0.717) is 23.6 Å². The number of nitrogens with zero attached hydrogens (tertiary/aromatic N) is 3. The molecule has 0 radical (unpaired) electrons. The van der Waals surface area contributed by atoms with Crippen molar-refractivity contribution in [2.24, 2.45) is 0 Å². The van der Waals surface area contributed by atoms with Gasteiger partial charge in [-0.3, -0.25) is 19.3 Å². The molecule has 1 aromatic carbocycles. The quantitative estimate of drug-likeness (QED) is 0.670. The van der Waals surface area contributed by atoms with E-state index in [1.807, 2.05) is 19.9 Å². The fraction of sp³-hybridized carbons (Fsp3) is 0.458. The molecule has 1 aliphatic heterocycles. The highest BCUT2D eigenvalue weighted by Gasteiger charge is 2.34. The van der Waals surface area contributed by atoms with Crippen LogP contribution in [0.1, 0.15) is 70.6 Å². The number of nitrogens with one attached hydrogen (secondary N) is 1. The maximum absolute atomic E-state index is 12.4. The van der Waals surface area contributed by atoms with E-state index in [0.717, 1.165) is 37.1 Å². The first kappa shape index (κ1) is 21.9. The number of amides is 3. The molecular formula is C24H28N4O4. The van der Waals surface area contributed by atoms with Crippen molar-refractivity contribution in [1.29, 1.82) is 0 Å². The average Bonchev–Trinajstić information content (AvgIpc) is 2.99. The third-order valence-electron chi connectivity index (χ3n) is 5.94. The summed E-state index contributed by atoms with van der Waals surface area (Å²) in [4.78, 5) is 47.0. The second kappa shape index (κ2) is 9.46. The Kier molecular flexibility index (Phi) is 6.48. The van der Waals surface area contributed by atoms with Crippen molar-refractivity contribution in [1.82, 2.24) is 20.2 Å². The summed E-state index contributed by atoms with van der Waals surface area (Å²) in [6.07, 6.45) is 4.10. The van der Waals surface area contributed by atoms with Crippen molar-refractivity contribution in [3.8, 4) is 6.01 Å². The number of carbonyl (C=O) groups is 3. The fourth-order valence-corrected chi connectivity index (χ4v) is 4.36. The Hall–Kier alpha value is -3.29. The minimum absolute atomic E-state index is 0.0522. The predicted octanol–water partition coefficient (Wildman–Crippen LogP) is 2.98. The van der Waals surface area contributed by atoms with Crippen molar-refractivity contribution in [2.75, 3.05) is 6.54 Å². The van der Waals surface area contributed by atoms with E-state index in [-0.39, 0.29) is 42.8 Å². The topological polar surface area (TPSA) is 101 Å². The molecule has 1 fully saturated rings. The summed E-state index contributed by atoms with van der Waals surface area (Å²) >= 11 is 0. The molecule has 0 spiro atoms. The van der Waals surface area contributed by atoms with Crippen LogP contribution in [-0.2, 0) is 4.79 Å². The van der Waals surface area contributed by atoms with E-state index in [1.165, 1.54) is 4.90 Å². The first-order valence-corrected chi connectivity index (χ1v) is 11.1. The van der Waals surface area contributed by atoms with Crippen molar-refractivity contribution in [3.63, 3.8) is 0 Å². The highest BCUT2D eigenvalue weighted by atomic mass is 16.5. The number of ether oxygens (including phenoxy) is 1. The van der Waals surface area contributed by atoms with Crippen molar-refractivity contribution >= 4 is 17.7 Å². The smallest absolute Gasteiger partial charge is 0.317 e. The summed E-state index contributed by atoms with van der Waals surface area (Å²) in [5.41, 5.74) is 2.64. The second-order valence-corrected chi connectivity index (χ2v) is 8.50. The Bertz CT molecular complexity index is 975. The van der Waals surface area contributed by atoms with Gasteiger partial charge in [-0.05, 0) is 64.2 Å². The maximum atomic E-state index is 12.4. The van der Waals surface area contributed by atoms with Gasteiger partial charge < -0.3 is 10.1 Å². The van der Waals surface area contributed by atoms with E-state index < -0.39 is 0 Å². The van der Waals surface area contributed by atoms with Gasteiger partial charge in [0.1, 0.15) is 6.10 Å². The zero-order chi connectivity index (χ0) is 22.7. The van der Waals surface area contributed by atoms with Gasteiger partial charge in [-0.25, -0.2) is 9.97 Å². The van der Waals surface area contributed by atoms with Gasteiger partial charge in [0.2, 0.25) is 5.91 Å². The van der Waals surface area contributed by atoms with Crippen LogP contribution in [0.15, 0.2) is 30.3 Å². The minimum atomic E-state index is -0.280. The van der Waals surface area contributed by atoms with Crippen LogP contribution in [-0.4, -0.2) is 51.3 Å². The van der Waals surface area contributed by atoms with Gasteiger partial charge in [-0.1, -0.05) is 12.1 Å². The first-order chi connectivity index (χ1) is 15.4. The number of rotatable bonds is 7. The Morgan fingerprint density at radius 1 is 1.03 bits per heavy atom. The minimum Gasteiger partial charge on any atom is -0.460 e. The summed E-state index contributed by atoms with van der Waals surface area (Å²) in [5.74, 6) is -0.613. The SMILES string of the molecule is Cc1cc(C)nc(OC2CCC(NC(=O)CCCN3C(=O)c4ccccc4C3=O)CC2)n1. The molecule has 2 aliphatic rings. The Balaban J connectivity index is 1.17. The van der Waals surface area contributed by atoms with Crippen molar-refractivity contribution < 1.29 is 19.1 Å². The highest BCUT2D eigenvalue weighted by molar-refractivity contribution is 6.21. The van der Waals surface area contributed by atoms with Crippen LogP contribution in [0.2, 0.25) is 0 Å². The molecule has 0 saturated heterocycles. The number of aryl methyl sites for hydroxylation is 2. The van der Waals surface area contributed by atoms with Crippen LogP contribution in [0.4, 0.5) is 0 Å². The largest absolute Gasteiger partial charge is 0.460 e. The van der Waals surface area contributed by atoms with Crippen LogP contribution in [0, 0.1) is 13.8 Å². The third-order valence-corrected chi connectivity index (χ3v) is 5.94. The molecule has 8 heteroatoms. The molecule has 0 bridgehead atoms. The van der Waals surface area contributed by atoms with Crippen LogP contribution < -0.4 is 10.1 Å². The van der Waals surface area contributed by atoms with Crippen LogP contribution in [0.25, 0.3) is 0 Å². The van der Waals surface area contributed by atoms with Gasteiger partial charge >= 0.3 is 6.01 Å². The zero-order valence-electron chi connectivity index (χ0n) is 18.5. The summed E-state index contributed by atoms with van der Waals surface area (Å²) in [7, 11) is 0. The fourth-order valence-electron chi connectivity index (χ4n) is 4.36. The maximum Gasteiger partial charge on any atom is 0.317 e. The molecule has 32 heavy (non-hydrogen) atoms. The molecule has 4 rings (SSSR count). The number of imide groups is 1. The predicted molar refractivity (Wildman–Crippen MR) is 117 cm³/mol. The van der Waals surface area contributed by atoms with E-state index in [2.05, 4.69) is 15.3 Å². The molecule has 1 saturated carbocycles. The normalized spacial score (nSPS) is 20.2. The molecule has 1 N–H and O–H groups in total. The number of hydrogen-bond acceptors (Lipinski definition) is 6. The average molecular weight is 437 g/mol. The number of aromatic nitrogens is 2. The lowest BCUT2D eigenvalue weighted by Crippen LogP contribution is -2.40. The second-order valence-electron chi connectivity index (χ2n) is 8.50. The Labute approximate surface area is 187 Å². The van der Waals surface area contributed by atoms with Gasteiger partial charge in [0.05, 0.1) is 11.1 Å². The lowest BCUT2D eigenvalue weighted by atomic mass is 9.93. The van der Waals surface area contributed by atoms with E-state index >= 15 is 0 Å². The molecule has 1 aliphatic carbocycles. The molecule has 8 nitrogen and oxygen atoms in total. The number of carbonyl (C=O) groups excluding carboxylic acids is 3. The first-order valence-electron chi connectivity index (χ1n) is 11.1. The molecule has 0 unspecified atom stereocenters. The molecule has 168 valence electrons. The zero-order valence-corrected chi connectivity index (χ0v) is 18.5. The van der Waals surface area contributed by atoms with E-state index in [4.69, 9.17) is 4.74 Å². The standard InChI is InChI=1S/C24H28N4O4/c1-15-14-16(2)26-24(25-15)32-18-11-9-17(10-12-18)27-21(29)8-5-13-28-22(30)19-6-3-4-7-20(19)23(28)31/h3-4,6-7,14,17-18H,5,8-13H2,1-2H3,(H,27,29). The lowest BCUT2D eigenvalue weighted by molar-refractivity contribution is -0.122. The number of fused-ring (bicyclic) bond motifs is 1. The summed E-state index contributed by atoms with van der Waals surface area (Å²) in [5, 5.41) is 3.07. The van der Waals surface area contributed by atoms with Gasteiger partial charge in [-0.15, -0.1) is 0 Å². The molecule has 2 heterocycles. The van der Waals surface area contributed by atoms with E-state index in [9.17, 15) is 14.4 Å². The van der Waals surface area contributed by atoms with Gasteiger partial charge in [0.15, 0.2) is 0 Å². The molecule has 1 aromatic heterocycles. The van der Waals surface area contributed by atoms with Crippen molar-refractivity contribution in [3.05, 3.63) is 52.8 Å². The molecule has 0 atom stereocenters. The molecule has 2 aromatic rings. The monoisotopic (exact) mass is 436 g/mol. The van der Waals surface area contributed by atoms with Crippen LogP contribution in [0.5, 0.6) is 6.01 Å². The lowest BCUT2D eigenvalue weighted by Gasteiger charge is -2.29. The molecule has 3 amide bonds. The van der Waals surface area contributed by atoms with Gasteiger partial charge in [-0.2, -0.15) is 0 Å². The number of hydrogen-bond donors (Lipinski definition) is 1. The number of benzene rings is 1. The van der Waals surface area contributed by atoms with Gasteiger partial charge in [0.25, 0.3) is 11.8 Å².